The lowest BCUT2D eigenvalue weighted by Gasteiger charge is -2.24. The predicted molar refractivity (Wildman–Crippen MR) is 92.5 cm³/mol. The first-order chi connectivity index (χ1) is 11.6. The summed E-state index contributed by atoms with van der Waals surface area (Å²) >= 11 is 0. The van der Waals surface area contributed by atoms with E-state index in [0.717, 1.165) is 29.9 Å². The van der Waals surface area contributed by atoms with Crippen LogP contribution in [-0.4, -0.2) is 57.4 Å². The minimum atomic E-state index is 0.00917. The van der Waals surface area contributed by atoms with Gasteiger partial charge in [-0.25, -0.2) is 0 Å². The number of carbonyl (C=O) groups excluding carboxylic acids is 1. The number of hydrogen-bond acceptors (Lipinski definition) is 5. The summed E-state index contributed by atoms with van der Waals surface area (Å²) in [6.07, 6.45) is 2.26. The molecule has 0 aliphatic heterocycles. The van der Waals surface area contributed by atoms with Crippen molar-refractivity contribution in [3.8, 4) is 11.5 Å². The van der Waals surface area contributed by atoms with E-state index < -0.39 is 0 Å². The number of amides is 1. The molecule has 6 heteroatoms. The standard InChI is InChI=1S/C18H28N2O4/c1-13(12-22-2)19-18(21)11-20(15-5-6-15)10-14-9-16(23-3)7-8-17(14)24-4/h7-9,13,15H,5-6,10-12H2,1-4H3,(H,19,21). The Morgan fingerprint density at radius 1 is 1.29 bits per heavy atom. The Balaban J connectivity index is 2.02. The molecule has 1 unspecified atom stereocenters. The molecule has 24 heavy (non-hydrogen) atoms. The van der Waals surface area contributed by atoms with Crippen molar-refractivity contribution in [2.45, 2.75) is 38.4 Å². The Hall–Kier alpha value is -1.79. The summed E-state index contributed by atoms with van der Waals surface area (Å²) in [4.78, 5) is 14.5. The SMILES string of the molecule is COCC(C)NC(=O)CN(Cc1cc(OC)ccc1OC)C1CC1. The second kappa shape index (κ2) is 8.89. The van der Waals surface area contributed by atoms with Crippen LogP contribution in [0.4, 0.5) is 0 Å². The predicted octanol–water partition coefficient (Wildman–Crippen LogP) is 1.82. The van der Waals surface area contributed by atoms with Gasteiger partial charge in [-0.05, 0) is 38.0 Å². The van der Waals surface area contributed by atoms with Gasteiger partial charge in [0.25, 0.3) is 0 Å². The number of benzene rings is 1. The molecule has 1 amide bonds. The van der Waals surface area contributed by atoms with Gasteiger partial charge in [-0.15, -0.1) is 0 Å². The van der Waals surface area contributed by atoms with Crippen LogP contribution in [0.3, 0.4) is 0 Å². The van der Waals surface area contributed by atoms with Gasteiger partial charge in [0.15, 0.2) is 0 Å². The molecule has 0 saturated heterocycles. The van der Waals surface area contributed by atoms with Crippen LogP contribution in [0.2, 0.25) is 0 Å². The molecule has 1 aliphatic rings. The molecule has 1 atom stereocenters. The van der Waals surface area contributed by atoms with Crippen LogP contribution >= 0.6 is 0 Å². The van der Waals surface area contributed by atoms with Crippen molar-refractivity contribution in [2.75, 3.05) is 34.5 Å². The Morgan fingerprint density at radius 3 is 2.62 bits per heavy atom. The van der Waals surface area contributed by atoms with E-state index >= 15 is 0 Å². The van der Waals surface area contributed by atoms with Gasteiger partial charge in [0.1, 0.15) is 11.5 Å². The quantitative estimate of drug-likeness (QED) is 0.706. The molecule has 1 saturated carbocycles. The van der Waals surface area contributed by atoms with Crippen molar-refractivity contribution in [3.63, 3.8) is 0 Å². The third-order valence-electron chi connectivity index (χ3n) is 4.10. The zero-order valence-electron chi connectivity index (χ0n) is 15.0. The topological polar surface area (TPSA) is 60.0 Å². The zero-order valence-corrected chi connectivity index (χ0v) is 15.0. The number of nitrogens with one attached hydrogen (secondary N) is 1. The van der Waals surface area contributed by atoms with Gasteiger partial charge in [-0.3, -0.25) is 9.69 Å². The van der Waals surface area contributed by atoms with Gasteiger partial charge in [0.05, 0.1) is 27.4 Å². The first kappa shape index (κ1) is 18.5. The highest BCUT2D eigenvalue weighted by Gasteiger charge is 2.31. The molecule has 0 radical (unpaired) electrons. The molecule has 6 nitrogen and oxygen atoms in total. The van der Waals surface area contributed by atoms with Gasteiger partial charge in [-0.1, -0.05) is 0 Å². The lowest BCUT2D eigenvalue weighted by molar-refractivity contribution is -0.123. The summed E-state index contributed by atoms with van der Waals surface area (Å²) in [7, 11) is 4.94. The van der Waals surface area contributed by atoms with Crippen molar-refractivity contribution in [1.82, 2.24) is 10.2 Å². The third-order valence-corrected chi connectivity index (χ3v) is 4.10. The summed E-state index contributed by atoms with van der Waals surface area (Å²) in [5.41, 5.74) is 1.03. The molecule has 1 aliphatic carbocycles. The number of hydrogen-bond donors (Lipinski definition) is 1. The Labute approximate surface area is 144 Å². The van der Waals surface area contributed by atoms with Crippen molar-refractivity contribution < 1.29 is 19.0 Å². The molecule has 1 aromatic rings. The Morgan fingerprint density at radius 2 is 2.04 bits per heavy atom. The van der Waals surface area contributed by atoms with Crippen LogP contribution in [-0.2, 0) is 16.1 Å². The van der Waals surface area contributed by atoms with Crippen LogP contribution in [0.5, 0.6) is 11.5 Å². The third kappa shape index (κ3) is 5.39. The maximum atomic E-state index is 12.3. The van der Waals surface area contributed by atoms with Gasteiger partial charge in [0.2, 0.25) is 5.91 Å². The lowest BCUT2D eigenvalue weighted by Crippen LogP contribution is -2.43. The maximum absolute atomic E-state index is 12.3. The fourth-order valence-electron chi connectivity index (χ4n) is 2.77. The van der Waals surface area contributed by atoms with Crippen LogP contribution in [0, 0.1) is 0 Å². The van der Waals surface area contributed by atoms with E-state index in [2.05, 4.69) is 10.2 Å². The van der Waals surface area contributed by atoms with E-state index in [1.807, 2.05) is 25.1 Å². The average molecular weight is 336 g/mol. The van der Waals surface area contributed by atoms with Crippen LogP contribution in [0.15, 0.2) is 18.2 Å². The summed E-state index contributed by atoms with van der Waals surface area (Å²) in [6, 6.07) is 6.22. The number of ether oxygens (including phenoxy) is 3. The van der Waals surface area contributed by atoms with Gasteiger partial charge < -0.3 is 19.5 Å². The molecular weight excluding hydrogens is 308 g/mol. The summed E-state index contributed by atoms with van der Waals surface area (Å²) < 4.78 is 15.8. The Bertz CT molecular complexity index is 546. The smallest absolute Gasteiger partial charge is 0.234 e. The van der Waals surface area contributed by atoms with E-state index in [1.165, 1.54) is 0 Å². The summed E-state index contributed by atoms with van der Waals surface area (Å²) in [6.45, 7) is 3.49. The molecule has 1 N–H and O–H groups in total. The molecule has 0 bridgehead atoms. The van der Waals surface area contributed by atoms with Crippen LogP contribution in [0.25, 0.3) is 0 Å². The van der Waals surface area contributed by atoms with E-state index in [4.69, 9.17) is 14.2 Å². The van der Waals surface area contributed by atoms with Gasteiger partial charge >= 0.3 is 0 Å². The molecule has 1 fully saturated rings. The molecular formula is C18H28N2O4. The fraction of sp³-hybridized carbons (Fsp3) is 0.611. The first-order valence-electron chi connectivity index (χ1n) is 8.30. The van der Waals surface area contributed by atoms with Crippen molar-refractivity contribution in [2.24, 2.45) is 0 Å². The summed E-state index contributed by atoms with van der Waals surface area (Å²) in [5.74, 6) is 1.63. The highest BCUT2D eigenvalue weighted by atomic mass is 16.5. The van der Waals surface area contributed by atoms with E-state index in [-0.39, 0.29) is 11.9 Å². The minimum absolute atomic E-state index is 0.00917. The average Bonchev–Trinajstić information content (AvgIpc) is 3.39. The van der Waals surface area contributed by atoms with Crippen LogP contribution in [0.1, 0.15) is 25.3 Å². The first-order valence-corrected chi connectivity index (χ1v) is 8.30. The normalized spacial score (nSPS) is 15.2. The molecule has 134 valence electrons. The van der Waals surface area contributed by atoms with Crippen molar-refractivity contribution in [3.05, 3.63) is 23.8 Å². The Kier molecular flexibility index (Phi) is 6.87. The second-order valence-electron chi connectivity index (χ2n) is 6.24. The van der Waals surface area contributed by atoms with Gasteiger partial charge in [0, 0.05) is 31.3 Å². The minimum Gasteiger partial charge on any atom is -0.497 e. The highest BCUT2D eigenvalue weighted by Crippen LogP contribution is 2.31. The molecule has 0 aromatic heterocycles. The maximum Gasteiger partial charge on any atom is 0.234 e. The van der Waals surface area contributed by atoms with E-state index in [1.54, 1.807) is 21.3 Å². The molecule has 2 rings (SSSR count). The number of rotatable bonds is 10. The van der Waals surface area contributed by atoms with E-state index in [0.29, 0.717) is 25.7 Å². The lowest BCUT2D eigenvalue weighted by atomic mass is 10.1. The fourth-order valence-corrected chi connectivity index (χ4v) is 2.77. The monoisotopic (exact) mass is 336 g/mol. The number of carbonyl (C=O) groups is 1. The highest BCUT2D eigenvalue weighted by molar-refractivity contribution is 5.78. The summed E-state index contributed by atoms with van der Waals surface area (Å²) in [5, 5.41) is 2.97. The molecule has 0 heterocycles. The van der Waals surface area contributed by atoms with E-state index in [9.17, 15) is 4.79 Å². The largest absolute Gasteiger partial charge is 0.497 e. The van der Waals surface area contributed by atoms with Gasteiger partial charge in [-0.2, -0.15) is 0 Å². The molecule has 1 aromatic carbocycles. The van der Waals surface area contributed by atoms with Crippen molar-refractivity contribution >= 4 is 5.91 Å². The number of methoxy groups -OCH3 is 3. The second-order valence-corrected chi connectivity index (χ2v) is 6.24. The number of nitrogens with zero attached hydrogens (tertiary/aromatic N) is 1. The zero-order chi connectivity index (χ0) is 17.5. The van der Waals surface area contributed by atoms with Crippen molar-refractivity contribution in [1.29, 1.82) is 0 Å². The van der Waals surface area contributed by atoms with Crippen LogP contribution < -0.4 is 14.8 Å². The molecule has 0 spiro atoms.